The molecule has 2 unspecified atom stereocenters. The van der Waals surface area contributed by atoms with Gasteiger partial charge in [-0.15, -0.1) is 0 Å². The molecule has 8 heteroatoms. The second-order valence-electron chi connectivity index (χ2n) is 6.25. The topological polar surface area (TPSA) is 47.0 Å². The molecule has 0 amide bonds. The monoisotopic (exact) mass is 377 g/mol. The summed E-state index contributed by atoms with van der Waals surface area (Å²) in [6.45, 7) is 0.395. The van der Waals surface area contributed by atoms with Crippen molar-refractivity contribution in [2.24, 2.45) is 0 Å². The number of hydrogen-bond acceptors (Lipinski definition) is 4. The van der Waals surface area contributed by atoms with Gasteiger partial charge in [-0.2, -0.15) is 0 Å². The lowest BCUT2D eigenvalue weighted by Crippen LogP contribution is -2.24. The fourth-order valence-electron chi connectivity index (χ4n) is 3.23. The van der Waals surface area contributed by atoms with Gasteiger partial charge in [0, 0.05) is 12.0 Å². The standard InChI is InChI=1S/C19H15F4N3O/c20-12-6-5-10(9-13(12)21)16-15(7-8-27-16)25-18-11-3-1-2-4-14(11)24-19(26-18)17(22)23/h1-6,9,15-17H,7-8H2,(H,24,25,26). The van der Waals surface area contributed by atoms with Crippen LogP contribution in [0.4, 0.5) is 23.4 Å². The summed E-state index contributed by atoms with van der Waals surface area (Å²) in [4.78, 5) is 7.85. The Labute approximate surface area is 152 Å². The molecular weight excluding hydrogens is 362 g/mol. The first-order chi connectivity index (χ1) is 13.0. The number of nitrogens with one attached hydrogen (secondary N) is 1. The van der Waals surface area contributed by atoms with Crippen LogP contribution in [0, 0.1) is 11.6 Å². The van der Waals surface area contributed by atoms with E-state index in [1.807, 2.05) is 0 Å². The van der Waals surface area contributed by atoms with Crippen LogP contribution in [0.3, 0.4) is 0 Å². The Hall–Kier alpha value is -2.74. The van der Waals surface area contributed by atoms with E-state index < -0.39 is 30.0 Å². The predicted octanol–water partition coefficient (Wildman–Crippen LogP) is 4.79. The first kappa shape index (κ1) is 17.7. The van der Waals surface area contributed by atoms with Crippen molar-refractivity contribution in [1.82, 2.24) is 9.97 Å². The van der Waals surface area contributed by atoms with E-state index in [1.54, 1.807) is 24.3 Å². The summed E-state index contributed by atoms with van der Waals surface area (Å²) in [7, 11) is 0. The average Bonchev–Trinajstić information content (AvgIpc) is 3.12. The van der Waals surface area contributed by atoms with Gasteiger partial charge in [0.05, 0.1) is 11.6 Å². The van der Waals surface area contributed by atoms with Gasteiger partial charge in [0.15, 0.2) is 17.5 Å². The summed E-state index contributed by atoms with van der Waals surface area (Å²) in [5.74, 6) is -2.21. The number of hydrogen-bond donors (Lipinski definition) is 1. The fourth-order valence-corrected chi connectivity index (χ4v) is 3.23. The summed E-state index contributed by atoms with van der Waals surface area (Å²) in [6, 6.07) is 10.1. The van der Waals surface area contributed by atoms with Crippen molar-refractivity contribution in [3.63, 3.8) is 0 Å². The van der Waals surface area contributed by atoms with Crippen molar-refractivity contribution in [3.8, 4) is 0 Å². The van der Waals surface area contributed by atoms with Crippen LogP contribution in [0.5, 0.6) is 0 Å². The summed E-state index contributed by atoms with van der Waals surface area (Å²) in [5.41, 5.74) is 0.866. The molecule has 1 saturated heterocycles. The number of halogens is 4. The molecule has 1 aliphatic rings. The maximum Gasteiger partial charge on any atom is 0.297 e. The highest BCUT2D eigenvalue weighted by molar-refractivity contribution is 5.89. The number of alkyl halides is 2. The highest BCUT2D eigenvalue weighted by Crippen LogP contribution is 2.34. The number of fused-ring (bicyclic) bond motifs is 1. The Morgan fingerprint density at radius 3 is 2.63 bits per heavy atom. The fraction of sp³-hybridized carbons (Fsp3) is 0.263. The van der Waals surface area contributed by atoms with E-state index in [1.165, 1.54) is 6.07 Å². The summed E-state index contributed by atoms with van der Waals surface area (Å²) < 4.78 is 58.8. The molecule has 1 N–H and O–H groups in total. The van der Waals surface area contributed by atoms with E-state index >= 15 is 0 Å². The quantitative estimate of drug-likeness (QED) is 0.665. The van der Waals surface area contributed by atoms with Crippen LogP contribution < -0.4 is 5.32 Å². The van der Waals surface area contributed by atoms with Crippen LogP contribution in [0.25, 0.3) is 10.9 Å². The van der Waals surface area contributed by atoms with Crippen LogP contribution in [0.1, 0.15) is 30.3 Å². The lowest BCUT2D eigenvalue weighted by molar-refractivity contribution is 0.107. The molecule has 0 bridgehead atoms. The molecule has 27 heavy (non-hydrogen) atoms. The highest BCUT2D eigenvalue weighted by atomic mass is 19.3. The van der Waals surface area contributed by atoms with E-state index in [9.17, 15) is 17.6 Å². The SMILES string of the molecule is Fc1ccc(C2OCCC2Nc2nc(C(F)F)nc3ccccc23)cc1F. The van der Waals surface area contributed by atoms with Crippen LogP contribution >= 0.6 is 0 Å². The Morgan fingerprint density at radius 2 is 1.85 bits per heavy atom. The third kappa shape index (κ3) is 3.44. The molecule has 4 nitrogen and oxygen atoms in total. The molecule has 0 saturated carbocycles. The maximum absolute atomic E-state index is 13.6. The number of aromatic nitrogens is 2. The molecular formula is C19H15F4N3O. The lowest BCUT2D eigenvalue weighted by Gasteiger charge is -2.22. The zero-order chi connectivity index (χ0) is 19.0. The van der Waals surface area contributed by atoms with E-state index in [-0.39, 0.29) is 11.9 Å². The minimum atomic E-state index is -2.81. The second-order valence-corrected chi connectivity index (χ2v) is 6.25. The van der Waals surface area contributed by atoms with Crippen LogP contribution in [0.15, 0.2) is 42.5 Å². The molecule has 0 spiro atoms. The van der Waals surface area contributed by atoms with Crippen molar-refractivity contribution in [2.45, 2.75) is 25.0 Å². The number of nitrogens with zero attached hydrogens (tertiary/aromatic N) is 2. The molecule has 2 heterocycles. The molecule has 0 aliphatic carbocycles. The Kier molecular flexibility index (Phi) is 4.65. The smallest absolute Gasteiger partial charge is 0.297 e. The molecule has 4 rings (SSSR count). The molecule has 2 atom stereocenters. The van der Waals surface area contributed by atoms with Crippen LogP contribution in [-0.4, -0.2) is 22.6 Å². The Bertz CT molecular complexity index is 982. The Morgan fingerprint density at radius 1 is 1.04 bits per heavy atom. The first-order valence-corrected chi connectivity index (χ1v) is 8.41. The zero-order valence-electron chi connectivity index (χ0n) is 14.0. The molecule has 3 aromatic rings. The maximum atomic E-state index is 13.6. The van der Waals surface area contributed by atoms with Crippen molar-refractivity contribution < 1.29 is 22.3 Å². The van der Waals surface area contributed by atoms with Crippen molar-refractivity contribution in [1.29, 1.82) is 0 Å². The Balaban J connectivity index is 1.69. The molecule has 140 valence electrons. The third-order valence-corrected chi connectivity index (χ3v) is 4.50. The van der Waals surface area contributed by atoms with E-state index in [0.29, 0.717) is 29.5 Å². The van der Waals surface area contributed by atoms with Crippen molar-refractivity contribution in [3.05, 3.63) is 65.5 Å². The van der Waals surface area contributed by atoms with E-state index in [2.05, 4.69) is 15.3 Å². The summed E-state index contributed by atoms with van der Waals surface area (Å²) in [6.07, 6.45) is -2.80. The van der Waals surface area contributed by atoms with Gasteiger partial charge in [0.1, 0.15) is 11.9 Å². The number of benzene rings is 2. The minimum Gasteiger partial charge on any atom is -0.371 e. The predicted molar refractivity (Wildman–Crippen MR) is 91.6 cm³/mol. The van der Waals surface area contributed by atoms with Gasteiger partial charge in [-0.3, -0.25) is 0 Å². The summed E-state index contributed by atoms with van der Waals surface area (Å²) >= 11 is 0. The number of ether oxygens (including phenoxy) is 1. The largest absolute Gasteiger partial charge is 0.371 e. The molecule has 0 radical (unpaired) electrons. The van der Waals surface area contributed by atoms with Gasteiger partial charge >= 0.3 is 0 Å². The van der Waals surface area contributed by atoms with Crippen molar-refractivity contribution >= 4 is 16.7 Å². The van der Waals surface area contributed by atoms with E-state index in [0.717, 1.165) is 12.1 Å². The highest BCUT2D eigenvalue weighted by Gasteiger charge is 2.31. The number of rotatable bonds is 4. The molecule has 1 aliphatic heterocycles. The van der Waals surface area contributed by atoms with E-state index in [4.69, 9.17) is 4.74 Å². The van der Waals surface area contributed by atoms with Gasteiger partial charge in [-0.05, 0) is 36.2 Å². The zero-order valence-corrected chi connectivity index (χ0v) is 14.0. The minimum absolute atomic E-state index is 0.263. The van der Waals surface area contributed by atoms with Gasteiger partial charge in [0.25, 0.3) is 6.43 Å². The lowest BCUT2D eigenvalue weighted by atomic mass is 10.0. The van der Waals surface area contributed by atoms with Gasteiger partial charge in [-0.1, -0.05) is 18.2 Å². The van der Waals surface area contributed by atoms with Crippen molar-refractivity contribution in [2.75, 3.05) is 11.9 Å². The van der Waals surface area contributed by atoms with Crippen LogP contribution in [-0.2, 0) is 4.74 Å². The van der Waals surface area contributed by atoms with Crippen LogP contribution in [0.2, 0.25) is 0 Å². The first-order valence-electron chi connectivity index (χ1n) is 8.41. The molecule has 2 aromatic carbocycles. The molecule has 1 fully saturated rings. The summed E-state index contributed by atoms with van der Waals surface area (Å²) in [5, 5.41) is 3.73. The second kappa shape index (κ2) is 7.11. The number of para-hydroxylation sites is 1. The van der Waals surface area contributed by atoms with Gasteiger partial charge in [0.2, 0.25) is 0 Å². The van der Waals surface area contributed by atoms with Gasteiger partial charge < -0.3 is 10.1 Å². The number of anilines is 1. The van der Waals surface area contributed by atoms with Gasteiger partial charge in [-0.25, -0.2) is 27.5 Å². The normalized spacial score (nSPS) is 19.7. The third-order valence-electron chi connectivity index (χ3n) is 4.50. The molecule has 1 aromatic heterocycles. The average molecular weight is 377 g/mol.